The van der Waals surface area contributed by atoms with Crippen LogP contribution < -0.4 is 9.30 Å². The van der Waals surface area contributed by atoms with Crippen molar-refractivity contribution in [2.45, 2.75) is 38.1 Å². The number of aromatic nitrogens is 1. The van der Waals surface area contributed by atoms with E-state index in [2.05, 4.69) is 104 Å². The summed E-state index contributed by atoms with van der Waals surface area (Å²) in [6, 6.07) is 26.6. The van der Waals surface area contributed by atoms with E-state index in [9.17, 15) is 0 Å². The van der Waals surface area contributed by atoms with Crippen LogP contribution in [0, 0.1) is 0 Å². The largest absolute Gasteiger partial charge is 0.456 e. The SMILES string of the molecule is CC(C)(C)c1ccc2c(c1)-c1ccc3oc4ccc5ccc6c7c5c4c3c1CC27[n+]1ccccc1O6. The van der Waals surface area contributed by atoms with Crippen LogP contribution >= 0.6 is 0 Å². The number of hydrogen-bond donors (Lipinski definition) is 0. The molecule has 0 radical (unpaired) electrons. The summed E-state index contributed by atoms with van der Waals surface area (Å²) in [5.41, 5.74) is 9.54. The van der Waals surface area contributed by atoms with Crippen molar-refractivity contribution in [3.8, 4) is 22.8 Å². The van der Waals surface area contributed by atoms with Crippen molar-refractivity contribution in [1.29, 1.82) is 0 Å². The van der Waals surface area contributed by atoms with E-state index < -0.39 is 5.54 Å². The molecule has 3 heterocycles. The minimum absolute atomic E-state index is 0.0574. The van der Waals surface area contributed by atoms with Gasteiger partial charge in [0.1, 0.15) is 16.9 Å². The normalized spacial score (nSPS) is 18.6. The maximum atomic E-state index is 6.62. The van der Waals surface area contributed by atoms with Gasteiger partial charge in [-0.2, -0.15) is 4.57 Å². The van der Waals surface area contributed by atoms with Crippen LogP contribution in [0.1, 0.15) is 43.0 Å². The summed E-state index contributed by atoms with van der Waals surface area (Å²) in [7, 11) is 0. The van der Waals surface area contributed by atoms with E-state index in [-0.39, 0.29) is 5.41 Å². The van der Waals surface area contributed by atoms with Gasteiger partial charge in [-0.05, 0) is 57.3 Å². The van der Waals surface area contributed by atoms with Gasteiger partial charge in [0, 0.05) is 34.2 Å². The quantitative estimate of drug-likeness (QED) is 0.214. The number of ether oxygens (including phenoxy) is 1. The Hall–Kier alpha value is -4.11. The Morgan fingerprint density at radius 2 is 1.64 bits per heavy atom. The number of hydrogen-bond acceptors (Lipinski definition) is 2. The predicted octanol–water partition coefficient (Wildman–Crippen LogP) is 7.76. The van der Waals surface area contributed by atoms with Gasteiger partial charge in [-0.1, -0.05) is 57.2 Å². The Morgan fingerprint density at radius 1 is 0.806 bits per heavy atom. The first-order valence-electron chi connectivity index (χ1n) is 12.7. The standard InChI is InChI=1S/C33H24NO2/c1-32(2,3)19-9-11-23-21(16-19)20-10-14-24-29-22(20)17-33(23)31-26(36-27-6-4-5-15-34(27)33)13-8-18-7-12-25(35-24)30(29)28(18)31/h4-16H,17H2,1-3H3/q+1. The minimum Gasteiger partial charge on any atom is -0.456 e. The maximum absolute atomic E-state index is 6.62. The zero-order chi connectivity index (χ0) is 24.0. The average Bonchev–Trinajstić information content (AvgIpc) is 3.20. The fraction of sp³-hybridized carbons (Fsp3) is 0.182. The molecule has 4 aromatic carbocycles. The lowest BCUT2D eigenvalue weighted by molar-refractivity contribution is -0.750. The molecule has 0 N–H and O–H groups in total. The summed E-state index contributed by atoms with van der Waals surface area (Å²) in [5, 5.41) is 4.98. The molecule has 1 unspecified atom stereocenters. The predicted molar refractivity (Wildman–Crippen MR) is 142 cm³/mol. The highest BCUT2D eigenvalue weighted by Crippen LogP contribution is 2.58. The lowest BCUT2D eigenvalue weighted by Gasteiger charge is -2.39. The van der Waals surface area contributed by atoms with Gasteiger partial charge in [0.05, 0.1) is 11.6 Å². The molecule has 4 bridgehead atoms. The summed E-state index contributed by atoms with van der Waals surface area (Å²) in [6.07, 6.45) is 3.06. The van der Waals surface area contributed by atoms with Crippen molar-refractivity contribution in [2.24, 2.45) is 0 Å². The van der Waals surface area contributed by atoms with Crippen LogP contribution in [0.4, 0.5) is 0 Å². The number of pyridine rings is 1. The Labute approximate surface area is 208 Å². The van der Waals surface area contributed by atoms with Crippen molar-refractivity contribution in [1.82, 2.24) is 0 Å². The Balaban J connectivity index is 1.60. The average molecular weight is 467 g/mol. The lowest BCUT2D eigenvalue weighted by atomic mass is 9.67. The molecular formula is C33H24NO2+. The molecule has 9 rings (SSSR count). The van der Waals surface area contributed by atoms with Gasteiger partial charge >= 0.3 is 5.88 Å². The van der Waals surface area contributed by atoms with Crippen LogP contribution in [-0.2, 0) is 17.4 Å². The topological polar surface area (TPSA) is 26.2 Å². The molecule has 1 spiro atoms. The first kappa shape index (κ1) is 19.1. The molecule has 6 aromatic rings. The second-order valence-corrected chi connectivity index (χ2v) is 11.6. The van der Waals surface area contributed by atoms with Gasteiger partial charge in [0.15, 0.2) is 6.20 Å². The number of rotatable bonds is 0. The van der Waals surface area contributed by atoms with Crippen LogP contribution in [-0.4, -0.2) is 0 Å². The lowest BCUT2D eigenvalue weighted by Crippen LogP contribution is -2.62. The van der Waals surface area contributed by atoms with Gasteiger partial charge < -0.3 is 9.15 Å². The monoisotopic (exact) mass is 466 g/mol. The molecule has 3 aliphatic rings. The third-order valence-corrected chi connectivity index (χ3v) is 8.77. The summed E-state index contributed by atoms with van der Waals surface area (Å²) >= 11 is 0. The summed E-state index contributed by atoms with van der Waals surface area (Å²) in [4.78, 5) is 0. The van der Waals surface area contributed by atoms with Crippen molar-refractivity contribution in [3.05, 3.63) is 101 Å². The highest BCUT2D eigenvalue weighted by Gasteiger charge is 2.57. The zero-order valence-corrected chi connectivity index (χ0v) is 20.5. The van der Waals surface area contributed by atoms with E-state index in [0.29, 0.717) is 0 Å². The van der Waals surface area contributed by atoms with Crippen molar-refractivity contribution >= 4 is 32.7 Å². The summed E-state index contributed by atoms with van der Waals surface area (Å²) in [6.45, 7) is 6.88. The van der Waals surface area contributed by atoms with Crippen LogP contribution in [0.25, 0.3) is 43.8 Å². The zero-order valence-electron chi connectivity index (χ0n) is 20.5. The molecule has 0 amide bonds. The molecule has 2 aliphatic carbocycles. The molecule has 0 fully saturated rings. The number of furan rings is 1. The fourth-order valence-corrected chi connectivity index (χ4v) is 7.19. The van der Waals surface area contributed by atoms with Crippen LogP contribution in [0.5, 0.6) is 11.6 Å². The molecule has 1 aliphatic heterocycles. The summed E-state index contributed by atoms with van der Waals surface area (Å²) in [5.74, 6) is 1.82. The Morgan fingerprint density at radius 3 is 2.53 bits per heavy atom. The molecular weight excluding hydrogens is 442 g/mol. The van der Waals surface area contributed by atoms with Crippen LogP contribution in [0.3, 0.4) is 0 Å². The summed E-state index contributed by atoms with van der Waals surface area (Å²) < 4.78 is 15.5. The van der Waals surface area contributed by atoms with E-state index in [0.717, 1.165) is 29.2 Å². The van der Waals surface area contributed by atoms with Crippen molar-refractivity contribution in [3.63, 3.8) is 0 Å². The number of fused-ring (bicyclic) bond motifs is 1. The fourth-order valence-electron chi connectivity index (χ4n) is 7.19. The van der Waals surface area contributed by atoms with Crippen LogP contribution in [0.2, 0.25) is 0 Å². The van der Waals surface area contributed by atoms with E-state index in [1.807, 2.05) is 0 Å². The second kappa shape index (κ2) is 5.82. The van der Waals surface area contributed by atoms with E-state index >= 15 is 0 Å². The van der Waals surface area contributed by atoms with Gasteiger partial charge in [-0.15, -0.1) is 0 Å². The van der Waals surface area contributed by atoms with E-state index in [4.69, 9.17) is 9.15 Å². The van der Waals surface area contributed by atoms with Gasteiger partial charge in [-0.25, -0.2) is 0 Å². The molecule has 36 heavy (non-hydrogen) atoms. The molecule has 2 aromatic heterocycles. The third-order valence-electron chi connectivity index (χ3n) is 8.77. The van der Waals surface area contributed by atoms with Gasteiger partial charge in [0.2, 0.25) is 5.54 Å². The Bertz CT molecular complexity index is 1990. The van der Waals surface area contributed by atoms with Crippen molar-refractivity contribution < 1.29 is 13.7 Å². The van der Waals surface area contributed by atoms with E-state index in [1.54, 1.807) is 0 Å². The Kier molecular flexibility index (Phi) is 3.09. The highest BCUT2D eigenvalue weighted by atomic mass is 16.5. The maximum Gasteiger partial charge on any atom is 0.374 e. The third kappa shape index (κ3) is 1.99. The van der Waals surface area contributed by atoms with Crippen molar-refractivity contribution in [2.75, 3.05) is 0 Å². The highest BCUT2D eigenvalue weighted by molar-refractivity contribution is 6.23. The smallest absolute Gasteiger partial charge is 0.374 e. The molecule has 1 atom stereocenters. The number of benzene rings is 4. The molecule has 3 heteroatoms. The molecule has 0 saturated heterocycles. The molecule has 0 saturated carbocycles. The molecule has 3 nitrogen and oxygen atoms in total. The molecule has 172 valence electrons. The van der Waals surface area contributed by atoms with Crippen LogP contribution in [0.15, 0.2) is 83.4 Å². The van der Waals surface area contributed by atoms with Gasteiger partial charge in [-0.3, -0.25) is 0 Å². The second-order valence-electron chi connectivity index (χ2n) is 11.6. The first-order valence-corrected chi connectivity index (χ1v) is 12.7. The van der Waals surface area contributed by atoms with E-state index in [1.165, 1.54) is 54.9 Å². The first-order chi connectivity index (χ1) is 17.4. The number of nitrogens with zero attached hydrogens (tertiary/aromatic N) is 1. The minimum atomic E-state index is -0.406. The van der Waals surface area contributed by atoms with Gasteiger partial charge in [0.25, 0.3) is 0 Å².